The largest absolute Gasteiger partial charge is 0.466 e. The molecule has 0 aromatic heterocycles. The van der Waals surface area contributed by atoms with Crippen molar-refractivity contribution in [3.63, 3.8) is 0 Å². The van der Waals surface area contributed by atoms with Crippen molar-refractivity contribution in [2.24, 2.45) is 11.8 Å². The Morgan fingerprint density at radius 3 is 2.66 bits per heavy atom. The molecular weight excluding hydrogens is 552 g/mol. The molecule has 0 aliphatic carbocycles. The van der Waals surface area contributed by atoms with E-state index in [9.17, 15) is 19.5 Å². The van der Waals surface area contributed by atoms with Gasteiger partial charge >= 0.3 is 5.97 Å². The number of esters is 1. The molecule has 9 heteroatoms. The smallest absolute Gasteiger partial charge is 0.312 e. The van der Waals surface area contributed by atoms with Gasteiger partial charge in [0.1, 0.15) is 11.6 Å². The van der Waals surface area contributed by atoms with Gasteiger partial charge in [-0.1, -0.05) is 65.7 Å². The lowest BCUT2D eigenvalue weighted by atomic mass is 9.70. The summed E-state index contributed by atoms with van der Waals surface area (Å²) in [5.41, 5.74) is -0.257. The van der Waals surface area contributed by atoms with Gasteiger partial charge in [0.25, 0.3) is 0 Å². The number of rotatable bonds is 12. The molecule has 8 nitrogen and oxygen atoms in total. The Kier molecular flexibility index (Phi) is 9.00. The summed E-state index contributed by atoms with van der Waals surface area (Å²) in [6.07, 6.45) is 3.58. The highest BCUT2D eigenvalue weighted by atomic mass is 79.9. The van der Waals surface area contributed by atoms with Gasteiger partial charge in [0.05, 0.1) is 37.2 Å². The number of amides is 2. The summed E-state index contributed by atoms with van der Waals surface area (Å²) in [7, 11) is 0. The summed E-state index contributed by atoms with van der Waals surface area (Å²) in [6.45, 7) is 9.83. The third kappa shape index (κ3) is 4.82. The number of fused-ring (bicyclic) bond motifs is 1. The Hall–Kier alpha value is -2.23. The fourth-order valence-corrected chi connectivity index (χ4v) is 7.68. The molecule has 3 heterocycles. The minimum absolute atomic E-state index is 0.0844. The van der Waals surface area contributed by atoms with Crippen LogP contribution in [0.2, 0.25) is 0 Å². The second-order valence-electron chi connectivity index (χ2n) is 10.6. The van der Waals surface area contributed by atoms with Crippen LogP contribution in [0.25, 0.3) is 0 Å². The Morgan fingerprint density at radius 2 is 2.05 bits per heavy atom. The Balaban J connectivity index is 1.81. The average molecular weight is 592 g/mol. The molecule has 1 N–H and O–H groups in total. The summed E-state index contributed by atoms with van der Waals surface area (Å²) in [6, 6.07) is 7.85. The van der Waals surface area contributed by atoms with E-state index in [2.05, 4.69) is 29.4 Å². The Labute approximate surface area is 233 Å². The highest BCUT2D eigenvalue weighted by molar-refractivity contribution is 9.09. The molecule has 1 spiro atoms. The first kappa shape index (κ1) is 28.8. The number of hydrogen-bond donors (Lipinski definition) is 1. The molecule has 4 rings (SSSR count). The number of halogens is 1. The minimum atomic E-state index is -1.19. The molecule has 3 fully saturated rings. The number of carbonyl (C=O) groups is 3. The van der Waals surface area contributed by atoms with Gasteiger partial charge in [-0.15, -0.1) is 6.58 Å². The van der Waals surface area contributed by atoms with Crippen molar-refractivity contribution in [2.75, 3.05) is 19.8 Å². The molecular formula is C29H39BrN2O6. The van der Waals surface area contributed by atoms with Crippen molar-refractivity contribution in [1.82, 2.24) is 9.80 Å². The molecule has 2 bridgehead atoms. The van der Waals surface area contributed by atoms with Crippen molar-refractivity contribution >= 4 is 33.7 Å². The zero-order valence-corrected chi connectivity index (χ0v) is 24.0. The summed E-state index contributed by atoms with van der Waals surface area (Å²) >= 11 is 3.68. The highest BCUT2D eigenvalue weighted by Gasteiger charge is 2.77. The highest BCUT2D eigenvalue weighted by Crippen LogP contribution is 2.60. The van der Waals surface area contributed by atoms with Crippen LogP contribution in [-0.2, 0) is 30.3 Å². The van der Waals surface area contributed by atoms with E-state index in [-0.39, 0.29) is 35.9 Å². The fraction of sp³-hybridized carbons (Fsp3) is 0.621. The summed E-state index contributed by atoms with van der Waals surface area (Å²) in [5, 5.41) is 10.6. The second kappa shape index (κ2) is 11.9. The van der Waals surface area contributed by atoms with Crippen molar-refractivity contribution in [1.29, 1.82) is 0 Å². The molecule has 38 heavy (non-hydrogen) atoms. The van der Waals surface area contributed by atoms with Crippen LogP contribution < -0.4 is 0 Å². The molecule has 1 aromatic rings. The molecule has 8 atom stereocenters. The van der Waals surface area contributed by atoms with Crippen LogP contribution in [0.15, 0.2) is 43.0 Å². The van der Waals surface area contributed by atoms with Crippen LogP contribution in [0.1, 0.15) is 45.6 Å². The van der Waals surface area contributed by atoms with E-state index in [0.29, 0.717) is 19.4 Å². The molecule has 208 valence electrons. The lowest BCUT2D eigenvalue weighted by molar-refractivity contribution is -0.156. The van der Waals surface area contributed by atoms with Gasteiger partial charge in [-0.25, -0.2) is 0 Å². The molecule has 1 aromatic carbocycles. The Morgan fingerprint density at radius 1 is 1.34 bits per heavy atom. The van der Waals surface area contributed by atoms with E-state index in [1.54, 1.807) is 17.9 Å². The summed E-state index contributed by atoms with van der Waals surface area (Å²) < 4.78 is 11.9. The monoisotopic (exact) mass is 590 g/mol. The van der Waals surface area contributed by atoms with Crippen LogP contribution in [0.3, 0.4) is 0 Å². The molecule has 0 radical (unpaired) electrons. The van der Waals surface area contributed by atoms with Gasteiger partial charge in [-0.2, -0.15) is 0 Å². The number of benzene rings is 1. The van der Waals surface area contributed by atoms with Crippen molar-refractivity contribution in [3.8, 4) is 0 Å². The van der Waals surface area contributed by atoms with Gasteiger partial charge < -0.3 is 24.4 Å². The number of carbonyl (C=O) groups excluding carboxylic acids is 3. The molecule has 2 amide bonds. The predicted octanol–water partition coefficient (Wildman–Crippen LogP) is 3.10. The number of aliphatic hydroxyl groups is 1. The average Bonchev–Trinajstić information content (AvgIpc) is 3.49. The summed E-state index contributed by atoms with van der Waals surface area (Å²) in [4.78, 5) is 45.0. The summed E-state index contributed by atoms with van der Waals surface area (Å²) in [5.74, 6) is -2.73. The van der Waals surface area contributed by atoms with Crippen LogP contribution in [-0.4, -0.2) is 87.1 Å². The zero-order chi connectivity index (χ0) is 27.6. The van der Waals surface area contributed by atoms with Crippen molar-refractivity contribution in [3.05, 3.63) is 48.6 Å². The van der Waals surface area contributed by atoms with E-state index >= 15 is 0 Å². The van der Waals surface area contributed by atoms with E-state index in [1.807, 2.05) is 37.3 Å². The molecule has 3 aliphatic rings. The maximum Gasteiger partial charge on any atom is 0.312 e. The number of nitrogens with zero attached hydrogens (tertiary/aromatic N) is 2. The number of ether oxygens (including phenoxy) is 2. The molecule has 3 saturated heterocycles. The maximum absolute atomic E-state index is 14.5. The number of hydrogen-bond acceptors (Lipinski definition) is 6. The third-order valence-corrected chi connectivity index (χ3v) is 9.13. The SMILES string of the molecule is C=CCN(C(=O)C1N([C@@H](CO)Cc2ccccc2)C(=O)[C@@H]2[C@@H](C(=O)OCC)[C@@H]3OC12CC3Br)C(C)CCC. The van der Waals surface area contributed by atoms with Crippen LogP contribution in [0.5, 0.6) is 0 Å². The van der Waals surface area contributed by atoms with E-state index in [1.165, 1.54) is 4.90 Å². The normalized spacial score (nSPS) is 31.1. The zero-order valence-electron chi connectivity index (χ0n) is 22.4. The van der Waals surface area contributed by atoms with E-state index in [0.717, 1.165) is 18.4 Å². The van der Waals surface area contributed by atoms with Gasteiger partial charge in [-0.3, -0.25) is 14.4 Å². The fourth-order valence-electron chi connectivity index (χ4n) is 6.74. The maximum atomic E-state index is 14.5. The lowest BCUT2D eigenvalue weighted by Gasteiger charge is -2.41. The number of likely N-dealkylation sites (tertiary alicyclic amines) is 1. The van der Waals surface area contributed by atoms with Crippen LogP contribution in [0, 0.1) is 11.8 Å². The molecule has 0 saturated carbocycles. The minimum Gasteiger partial charge on any atom is -0.466 e. The standard InChI is InChI=1S/C29H39BrN2O6/c1-5-11-18(4)31(14-6-2)27(35)25-29-16-21(30)24(38-29)22(28(36)37-7-3)23(29)26(34)32(25)20(17-33)15-19-12-9-8-10-13-19/h6,8-10,12-13,18,20-25,33H,2,5,7,11,14-17H2,1,3-4H3/t18?,20-,21?,22-,23+,24-,25?,29?/m1/s1. The van der Waals surface area contributed by atoms with E-state index in [4.69, 9.17) is 9.47 Å². The van der Waals surface area contributed by atoms with Gasteiger partial charge in [0.2, 0.25) is 11.8 Å². The molecule has 4 unspecified atom stereocenters. The van der Waals surface area contributed by atoms with Crippen molar-refractivity contribution < 1.29 is 29.0 Å². The lowest BCUT2D eigenvalue weighted by Crippen LogP contribution is -2.60. The Bertz CT molecular complexity index is 1040. The first-order chi connectivity index (χ1) is 18.2. The first-order valence-electron chi connectivity index (χ1n) is 13.6. The molecule has 3 aliphatic heterocycles. The van der Waals surface area contributed by atoms with E-state index < -0.39 is 41.6 Å². The van der Waals surface area contributed by atoms with Crippen LogP contribution in [0.4, 0.5) is 0 Å². The number of aliphatic hydroxyl groups excluding tert-OH is 1. The van der Waals surface area contributed by atoms with Gasteiger partial charge in [0, 0.05) is 17.4 Å². The van der Waals surface area contributed by atoms with Crippen LogP contribution >= 0.6 is 15.9 Å². The number of alkyl halides is 1. The van der Waals surface area contributed by atoms with Gasteiger partial charge in [0.15, 0.2) is 0 Å². The topological polar surface area (TPSA) is 96.4 Å². The third-order valence-electron chi connectivity index (χ3n) is 8.29. The van der Waals surface area contributed by atoms with Gasteiger partial charge in [-0.05, 0) is 38.7 Å². The second-order valence-corrected chi connectivity index (χ2v) is 11.8. The first-order valence-corrected chi connectivity index (χ1v) is 14.5. The predicted molar refractivity (Wildman–Crippen MR) is 146 cm³/mol. The van der Waals surface area contributed by atoms with Crippen molar-refractivity contribution in [2.45, 2.75) is 81.1 Å². The quantitative estimate of drug-likeness (QED) is 0.228.